The van der Waals surface area contributed by atoms with Crippen molar-refractivity contribution in [2.45, 2.75) is 32.2 Å². The molecule has 1 unspecified atom stereocenters. The van der Waals surface area contributed by atoms with E-state index in [0.29, 0.717) is 13.1 Å². The Labute approximate surface area is 145 Å². The summed E-state index contributed by atoms with van der Waals surface area (Å²) in [6, 6.07) is 7.99. The van der Waals surface area contributed by atoms with Crippen LogP contribution in [0, 0.1) is 11.8 Å². The first-order chi connectivity index (χ1) is 11.7. The lowest BCUT2D eigenvalue weighted by Crippen LogP contribution is -2.45. The second-order valence-corrected chi connectivity index (χ2v) is 7.81. The van der Waals surface area contributed by atoms with Crippen molar-refractivity contribution in [1.82, 2.24) is 15.2 Å². The SMILES string of the molecule is O=C(NCc1nc2ccccc2s1)C1CCCN(C(=O)C2CC2)C1. The molecule has 2 aliphatic rings. The summed E-state index contributed by atoms with van der Waals surface area (Å²) in [6.07, 6.45) is 3.81. The van der Waals surface area contributed by atoms with Crippen LogP contribution in [-0.2, 0) is 16.1 Å². The lowest BCUT2D eigenvalue weighted by atomic mass is 9.96. The van der Waals surface area contributed by atoms with E-state index in [4.69, 9.17) is 0 Å². The summed E-state index contributed by atoms with van der Waals surface area (Å²) in [6.45, 7) is 1.84. The van der Waals surface area contributed by atoms with Crippen LogP contribution >= 0.6 is 11.3 Å². The average molecular weight is 343 g/mol. The molecule has 4 rings (SSSR count). The Hall–Kier alpha value is -1.95. The maximum Gasteiger partial charge on any atom is 0.225 e. The van der Waals surface area contributed by atoms with Crippen LogP contribution in [0.1, 0.15) is 30.7 Å². The molecule has 1 aromatic heterocycles. The average Bonchev–Trinajstić information content (AvgIpc) is 3.38. The first-order valence-corrected chi connectivity index (χ1v) is 9.43. The minimum atomic E-state index is -0.0872. The summed E-state index contributed by atoms with van der Waals surface area (Å²) in [4.78, 5) is 31.1. The van der Waals surface area contributed by atoms with E-state index in [1.165, 1.54) is 0 Å². The molecule has 6 heteroatoms. The monoisotopic (exact) mass is 343 g/mol. The highest BCUT2D eigenvalue weighted by atomic mass is 32.1. The van der Waals surface area contributed by atoms with Crippen LogP contribution in [0.5, 0.6) is 0 Å². The molecule has 5 nitrogen and oxygen atoms in total. The zero-order valence-electron chi connectivity index (χ0n) is 13.5. The Bertz CT molecular complexity index is 735. The maximum atomic E-state index is 12.5. The van der Waals surface area contributed by atoms with Gasteiger partial charge in [0.2, 0.25) is 11.8 Å². The van der Waals surface area contributed by atoms with Gasteiger partial charge in [0.25, 0.3) is 0 Å². The van der Waals surface area contributed by atoms with Gasteiger partial charge in [0.05, 0.1) is 22.7 Å². The topological polar surface area (TPSA) is 62.3 Å². The summed E-state index contributed by atoms with van der Waals surface area (Å²) in [5, 5.41) is 3.93. The molecule has 24 heavy (non-hydrogen) atoms. The van der Waals surface area contributed by atoms with Gasteiger partial charge in [-0.05, 0) is 37.8 Å². The van der Waals surface area contributed by atoms with Gasteiger partial charge in [-0.25, -0.2) is 4.98 Å². The summed E-state index contributed by atoms with van der Waals surface area (Å²) in [7, 11) is 0. The highest BCUT2D eigenvalue weighted by Crippen LogP contribution is 2.32. The molecule has 0 spiro atoms. The van der Waals surface area contributed by atoms with Crippen molar-refractivity contribution < 1.29 is 9.59 Å². The van der Waals surface area contributed by atoms with Crippen molar-refractivity contribution in [2.24, 2.45) is 11.8 Å². The summed E-state index contributed by atoms with van der Waals surface area (Å²) >= 11 is 1.61. The number of likely N-dealkylation sites (tertiary alicyclic amines) is 1. The number of carbonyl (C=O) groups excluding carboxylic acids is 2. The molecule has 0 radical (unpaired) electrons. The standard InChI is InChI=1S/C18H21N3O2S/c22-17(13-4-3-9-21(11-13)18(23)12-7-8-12)19-10-16-20-14-5-1-2-6-15(14)24-16/h1-2,5-6,12-13H,3-4,7-11H2,(H,19,22). The molecule has 0 bridgehead atoms. The van der Waals surface area contributed by atoms with Gasteiger partial charge in [-0.15, -0.1) is 11.3 Å². The number of rotatable bonds is 4. The normalized spacial score (nSPS) is 21.0. The third-order valence-electron chi connectivity index (χ3n) is 4.78. The highest BCUT2D eigenvalue weighted by Gasteiger charge is 2.36. The molecular formula is C18H21N3O2S. The second-order valence-electron chi connectivity index (χ2n) is 6.69. The molecule has 2 heterocycles. The number of amides is 2. The van der Waals surface area contributed by atoms with E-state index in [-0.39, 0.29) is 23.7 Å². The van der Waals surface area contributed by atoms with Crippen molar-refractivity contribution in [3.05, 3.63) is 29.3 Å². The smallest absolute Gasteiger partial charge is 0.225 e. The first-order valence-electron chi connectivity index (χ1n) is 8.61. The quantitative estimate of drug-likeness (QED) is 0.928. The van der Waals surface area contributed by atoms with E-state index in [1.54, 1.807) is 11.3 Å². The zero-order valence-corrected chi connectivity index (χ0v) is 14.3. The van der Waals surface area contributed by atoms with Crippen molar-refractivity contribution in [3.8, 4) is 0 Å². The Balaban J connectivity index is 1.34. The number of thiazole rings is 1. The van der Waals surface area contributed by atoms with Gasteiger partial charge in [0, 0.05) is 19.0 Å². The minimum Gasteiger partial charge on any atom is -0.349 e. The molecule has 1 aliphatic heterocycles. The van der Waals surface area contributed by atoms with Gasteiger partial charge < -0.3 is 10.2 Å². The largest absolute Gasteiger partial charge is 0.349 e. The first kappa shape index (κ1) is 15.6. The number of nitrogens with zero attached hydrogens (tertiary/aromatic N) is 2. The Morgan fingerprint density at radius 3 is 2.83 bits per heavy atom. The van der Waals surface area contributed by atoms with Crippen LogP contribution in [-0.4, -0.2) is 34.8 Å². The molecular weight excluding hydrogens is 322 g/mol. The number of benzene rings is 1. The molecule has 1 N–H and O–H groups in total. The van der Waals surface area contributed by atoms with Crippen molar-refractivity contribution >= 4 is 33.4 Å². The fraction of sp³-hybridized carbons (Fsp3) is 0.500. The van der Waals surface area contributed by atoms with Crippen molar-refractivity contribution in [3.63, 3.8) is 0 Å². The highest BCUT2D eigenvalue weighted by molar-refractivity contribution is 7.18. The maximum absolute atomic E-state index is 12.5. The summed E-state index contributed by atoms with van der Waals surface area (Å²) in [5.74, 6) is 0.437. The number of fused-ring (bicyclic) bond motifs is 1. The van der Waals surface area contributed by atoms with Gasteiger partial charge in [-0.1, -0.05) is 12.1 Å². The van der Waals surface area contributed by atoms with Gasteiger partial charge in [0.15, 0.2) is 0 Å². The fourth-order valence-electron chi connectivity index (χ4n) is 3.28. The predicted molar refractivity (Wildman–Crippen MR) is 93.5 cm³/mol. The van der Waals surface area contributed by atoms with Crippen LogP contribution in [0.4, 0.5) is 0 Å². The predicted octanol–water partition coefficient (Wildman–Crippen LogP) is 2.56. The lowest BCUT2D eigenvalue weighted by Gasteiger charge is -2.32. The fourth-order valence-corrected chi connectivity index (χ4v) is 4.19. The van der Waals surface area contributed by atoms with Crippen LogP contribution in [0.2, 0.25) is 0 Å². The molecule has 2 aromatic rings. The Kier molecular flexibility index (Phi) is 4.22. The molecule has 2 fully saturated rings. The van der Waals surface area contributed by atoms with E-state index >= 15 is 0 Å². The molecule has 2 amide bonds. The van der Waals surface area contributed by atoms with E-state index in [1.807, 2.05) is 29.2 Å². The molecule has 1 aliphatic carbocycles. The Morgan fingerprint density at radius 1 is 1.21 bits per heavy atom. The van der Waals surface area contributed by atoms with Gasteiger partial charge in [0.1, 0.15) is 5.01 Å². The number of nitrogens with one attached hydrogen (secondary N) is 1. The van der Waals surface area contributed by atoms with Crippen LogP contribution in [0.3, 0.4) is 0 Å². The van der Waals surface area contributed by atoms with Gasteiger partial charge in [-0.2, -0.15) is 0 Å². The molecule has 126 valence electrons. The van der Waals surface area contributed by atoms with E-state index in [2.05, 4.69) is 10.3 Å². The number of aromatic nitrogens is 1. The third-order valence-corrected chi connectivity index (χ3v) is 5.82. The minimum absolute atomic E-state index is 0.0440. The molecule has 1 saturated carbocycles. The molecule has 1 saturated heterocycles. The molecule has 1 atom stereocenters. The number of hydrogen-bond acceptors (Lipinski definition) is 4. The van der Waals surface area contributed by atoms with Gasteiger partial charge >= 0.3 is 0 Å². The molecule has 1 aromatic carbocycles. The van der Waals surface area contributed by atoms with E-state index in [9.17, 15) is 9.59 Å². The Morgan fingerprint density at radius 2 is 2.04 bits per heavy atom. The van der Waals surface area contributed by atoms with Gasteiger partial charge in [-0.3, -0.25) is 9.59 Å². The number of para-hydroxylation sites is 1. The lowest BCUT2D eigenvalue weighted by molar-refractivity contribution is -0.136. The summed E-state index contributed by atoms with van der Waals surface area (Å²) in [5.41, 5.74) is 0.977. The van der Waals surface area contributed by atoms with Crippen LogP contribution < -0.4 is 5.32 Å². The van der Waals surface area contributed by atoms with E-state index < -0.39 is 0 Å². The summed E-state index contributed by atoms with van der Waals surface area (Å²) < 4.78 is 1.14. The van der Waals surface area contributed by atoms with E-state index in [0.717, 1.165) is 47.5 Å². The zero-order chi connectivity index (χ0) is 16.5. The van der Waals surface area contributed by atoms with Crippen LogP contribution in [0.15, 0.2) is 24.3 Å². The third kappa shape index (κ3) is 3.29. The van der Waals surface area contributed by atoms with Crippen LogP contribution in [0.25, 0.3) is 10.2 Å². The van der Waals surface area contributed by atoms with Crippen molar-refractivity contribution in [1.29, 1.82) is 0 Å². The number of carbonyl (C=O) groups is 2. The number of piperidine rings is 1. The second kappa shape index (κ2) is 6.51. The van der Waals surface area contributed by atoms with Crippen molar-refractivity contribution in [2.75, 3.05) is 13.1 Å². The number of hydrogen-bond donors (Lipinski definition) is 1.